The minimum absolute atomic E-state index is 0.759. The first-order valence-electron chi connectivity index (χ1n) is 6.00. The van der Waals surface area contributed by atoms with Gasteiger partial charge in [-0.05, 0) is 18.4 Å². The molecule has 17 heavy (non-hydrogen) atoms. The van der Waals surface area contributed by atoms with Gasteiger partial charge in [0, 0.05) is 30.5 Å². The van der Waals surface area contributed by atoms with E-state index in [0.717, 1.165) is 23.8 Å². The lowest BCUT2D eigenvalue weighted by Crippen LogP contribution is -2.14. The fourth-order valence-corrected chi connectivity index (χ4v) is 1.79. The van der Waals surface area contributed by atoms with Crippen molar-refractivity contribution in [3.05, 3.63) is 48.4 Å². The Labute approximate surface area is 101 Å². The molecule has 1 N–H and O–H groups in total. The van der Waals surface area contributed by atoms with Gasteiger partial charge >= 0.3 is 0 Å². The summed E-state index contributed by atoms with van der Waals surface area (Å²) in [5, 5.41) is 3.50. The largest absolute Gasteiger partial charge is 0.310 e. The Bertz CT molecular complexity index is 475. The molecule has 0 saturated heterocycles. The second kappa shape index (κ2) is 4.63. The highest BCUT2D eigenvalue weighted by Gasteiger charge is 2.19. The van der Waals surface area contributed by atoms with Gasteiger partial charge in [0.05, 0.1) is 11.9 Å². The van der Waals surface area contributed by atoms with Crippen LogP contribution in [0.2, 0.25) is 0 Å². The van der Waals surface area contributed by atoms with E-state index in [2.05, 4.69) is 39.6 Å². The van der Waals surface area contributed by atoms with Gasteiger partial charge in [-0.3, -0.25) is 9.97 Å². The Morgan fingerprint density at radius 1 is 1.12 bits per heavy atom. The Hall–Kier alpha value is -1.74. The van der Waals surface area contributed by atoms with Crippen LogP contribution in [0.5, 0.6) is 0 Å². The second-order valence-electron chi connectivity index (χ2n) is 4.44. The molecule has 3 heteroatoms. The van der Waals surface area contributed by atoms with E-state index in [9.17, 15) is 0 Å². The molecule has 1 aromatic heterocycles. The fourth-order valence-electron chi connectivity index (χ4n) is 1.79. The van der Waals surface area contributed by atoms with E-state index in [0.29, 0.717) is 0 Å². The minimum atomic E-state index is 0.759. The summed E-state index contributed by atoms with van der Waals surface area (Å²) >= 11 is 0. The molecule has 2 aromatic rings. The van der Waals surface area contributed by atoms with Crippen molar-refractivity contribution in [3.63, 3.8) is 0 Å². The number of benzene rings is 1. The van der Waals surface area contributed by atoms with Crippen LogP contribution in [0, 0.1) is 0 Å². The van der Waals surface area contributed by atoms with Crippen molar-refractivity contribution in [1.29, 1.82) is 0 Å². The Kier molecular flexibility index (Phi) is 2.84. The quantitative estimate of drug-likeness (QED) is 0.868. The highest BCUT2D eigenvalue weighted by molar-refractivity contribution is 5.58. The lowest BCUT2D eigenvalue weighted by molar-refractivity contribution is 0.688. The normalized spacial score (nSPS) is 14.8. The third-order valence-electron chi connectivity index (χ3n) is 2.99. The third-order valence-corrected chi connectivity index (χ3v) is 2.99. The van der Waals surface area contributed by atoms with E-state index in [1.807, 2.05) is 0 Å². The molecule has 0 unspecified atom stereocenters. The van der Waals surface area contributed by atoms with E-state index < -0.39 is 0 Å². The molecule has 86 valence electrons. The molecule has 0 radical (unpaired) electrons. The molecule has 0 bridgehead atoms. The van der Waals surface area contributed by atoms with Gasteiger partial charge in [-0.1, -0.05) is 24.3 Å². The second-order valence-corrected chi connectivity index (χ2v) is 4.44. The molecule has 0 aliphatic heterocycles. The standard InChI is InChI=1S/C14H15N3/c1-3-12(14-10-15-7-8-16-14)4-2-11(1)9-17-13-5-6-13/h1-4,7-8,10,13,17H,5-6,9H2. The van der Waals surface area contributed by atoms with Crippen LogP contribution in [-0.2, 0) is 6.54 Å². The monoisotopic (exact) mass is 225 g/mol. The molecule has 1 heterocycles. The fraction of sp³-hybridized carbons (Fsp3) is 0.286. The van der Waals surface area contributed by atoms with E-state index >= 15 is 0 Å². The number of rotatable bonds is 4. The maximum absolute atomic E-state index is 4.28. The molecular weight excluding hydrogens is 210 g/mol. The highest BCUT2D eigenvalue weighted by Crippen LogP contribution is 2.20. The summed E-state index contributed by atoms with van der Waals surface area (Å²) < 4.78 is 0. The van der Waals surface area contributed by atoms with Crippen molar-refractivity contribution >= 4 is 0 Å². The predicted molar refractivity (Wildman–Crippen MR) is 67.3 cm³/mol. The maximum Gasteiger partial charge on any atom is 0.0885 e. The van der Waals surface area contributed by atoms with Gasteiger partial charge in [0.2, 0.25) is 0 Å². The van der Waals surface area contributed by atoms with Crippen molar-refractivity contribution in [3.8, 4) is 11.3 Å². The van der Waals surface area contributed by atoms with Gasteiger partial charge in [0.25, 0.3) is 0 Å². The maximum atomic E-state index is 4.28. The van der Waals surface area contributed by atoms with Gasteiger partial charge in [-0.15, -0.1) is 0 Å². The first-order valence-corrected chi connectivity index (χ1v) is 6.00. The first kappa shape index (κ1) is 10.4. The molecule has 3 rings (SSSR count). The topological polar surface area (TPSA) is 37.8 Å². The summed E-state index contributed by atoms with van der Waals surface area (Å²) in [5.41, 5.74) is 3.37. The molecule has 0 amide bonds. The summed E-state index contributed by atoms with van der Waals surface area (Å²) in [6, 6.07) is 9.27. The molecule has 1 fully saturated rings. The highest BCUT2D eigenvalue weighted by atomic mass is 14.9. The average molecular weight is 225 g/mol. The van der Waals surface area contributed by atoms with Crippen molar-refractivity contribution < 1.29 is 0 Å². The van der Waals surface area contributed by atoms with Gasteiger partial charge in [0.1, 0.15) is 0 Å². The number of nitrogens with one attached hydrogen (secondary N) is 1. The summed E-state index contributed by atoms with van der Waals surface area (Å²) in [6.45, 7) is 0.964. The van der Waals surface area contributed by atoms with Crippen LogP contribution in [0.15, 0.2) is 42.9 Å². The summed E-state index contributed by atoms with van der Waals surface area (Å²) in [4.78, 5) is 8.36. The van der Waals surface area contributed by atoms with Gasteiger partial charge in [-0.2, -0.15) is 0 Å². The van der Waals surface area contributed by atoms with Crippen molar-refractivity contribution in [2.24, 2.45) is 0 Å². The van der Waals surface area contributed by atoms with Crippen LogP contribution < -0.4 is 5.32 Å². The zero-order valence-corrected chi connectivity index (χ0v) is 9.63. The molecule has 3 nitrogen and oxygen atoms in total. The molecule has 0 atom stereocenters. The zero-order valence-electron chi connectivity index (χ0n) is 9.63. The Balaban J connectivity index is 1.70. The van der Waals surface area contributed by atoms with Gasteiger partial charge in [-0.25, -0.2) is 0 Å². The molecule has 0 spiro atoms. The minimum Gasteiger partial charge on any atom is -0.310 e. The summed E-state index contributed by atoms with van der Waals surface area (Å²) in [6.07, 6.45) is 7.86. The SMILES string of the molecule is c1cnc(-c2ccc(CNC3CC3)cc2)cn1. The van der Waals surface area contributed by atoms with Crippen LogP contribution in [0.3, 0.4) is 0 Å². The van der Waals surface area contributed by atoms with Crippen LogP contribution in [0.4, 0.5) is 0 Å². The van der Waals surface area contributed by atoms with Gasteiger partial charge < -0.3 is 5.32 Å². The van der Waals surface area contributed by atoms with E-state index in [1.54, 1.807) is 18.6 Å². The van der Waals surface area contributed by atoms with E-state index in [4.69, 9.17) is 0 Å². The zero-order chi connectivity index (χ0) is 11.5. The number of aromatic nitrogens is 2. The van der Waals surface area contributed by atoms with Crippen LogP contribution in [-0.4, -0.2) is 16.0 Å². The average Bonchev–Trinajstić information content (AvgIpc) is 3.22. The number of hydrogen-bond donors (Lipinski definition) is 1. The van der Waals surface area contributed by atoms with Gasteiger partial charge in [0.15, 0.2) is 0 Å². The Morgan fingerprint density at radius 3 is 2.59 bits per heavy atom. The molecule has 1 aliphatic carbocycles. The number of nitrogens with zero attached hydrogens (tertiary/aromatic N) is 2. The van der Waals surface area contributed by atoms with E-state index in [-0.39, 0.29) is 0 Å². The van der Waals surface area contributed by atoms with Crippen LogP contribution in [0.25, 0.3) is 11.3 Å². The smallest absolute Gasteiger partial charge is 0.0885 e. The molecule has 1 saturated carbocycles. The first-order chi connectivity index (χ1) is 8.42. The molecular formula is C14H15N3. The lowest BCUT2D eigenvalue weighted by Gasteiger charge is -2.04. The Morgan fingerprint density at radius 2 is 1.94 bits per heavy atom. The van der Waals surface area contributed by atoms with Crippen LogP contribution in [0.1, 0.15) is 18.4 Å². The lowest BCUT2D eigenvalue weighted by atomic mass is 10.1. The van der Waals surface area contributed by atoms with Crippen molar-refractivity contribution in [2.75, 3.05) is 0 Å². The summed E-state index contributed by atoms with van der Waals surface area (Å²) in [7, 11) is 0. The van der Waals surface area contributed by atoms with Crippen LogP contribution >= 0.6 is 0 Å². The van der Waals surface area contributed by atoms with E-state index in [1.165, 1.54) is 18.4 Å². The molecule has 1 aromatic carbocycles. The number of hydrogen-bond acceptors (Lipinski definition) is 3. The summed E-state index contributed by atoms with van der Waals surface area (Å²) in [5.74, 6) is 0. The van der Waals surface area contributed by atoms with Crippen molar-refractivity contribution in [1.82, 2.24) is 15.3 Å². The molecule has 1 aliphatic rings. The third kappa shape index (κ3) is 2.68. The predicted octanol–water partition coefficient (Wildman–Crippen LogP) is 2.40. The van der Waals surface area contributed by atoms with Crippen molar-refractivity contribution in [2.45, 2.75) is 25.4 Å².